The van der Waals surface area contributed by atoms with E-state index in [9.17, 15) is 0 Å². The summed E-state index contributed by atoms with van der Waals surface area (Å²) < 4.78 is 21.5. The monoisotopic (exact) mass is 326 g/mol. The molecule has 0 N–H and O–H groups in total. The van der Waals surface area contributed by atoms with Crippen LogP contribution in [-0.2, 0) is 0 Å². The van der Waals surface area contributed by atoms with Crippen LogP contribution in [-0.4, -0.2) is 24.4 Å². The van der Waals surface area contributed by atoms with Gasteiger partial charge in [-0.1, -0.05) is 17.3 Å². The molecule has 1 atom stereocenters. The van der Waals surface area contributed by atoms with Gasteiger partial charge in [-0.05, 0) is 43.3 Å². The summed E-state index contributed by atoms with van der Waals surface area (Å²) in [6.45, 7) is 1.85. The zero-order valence-electron chi connectivity index (χ0n) is 13.7. The first-order valence-electron chi connectivity index (χ1n) is 7.48. The van der Waals surface area contributed by atoms with Gasteiger partial charge >= 0.3 is 0 Å². The maximum Gasteiger partial charge on any atom is 0.267 e. The molecule has 0 aliphatic carbocycles. The van der Waals surface area contributed by atoms with Crippen molar-refractivity contribution in [2.24, 2.45) is 0 Å². The lowest BCUT2D eigenvalue weighted by Crippen LogP contribution is -2.03. The van der Waals surface area contributed by atoms with Crippen molar-refractivity contribution in [1.82, 2.24) is 10.1 Å². The molecule has 24 heavy (non-hydrogen) atoms. The Labute approximate surface area is 140 Å². The van der Waals surface area contributed by atoms with Crippen molar-refractivity contribution < 1.29 is 18.7 Å². The Morgan fingerprint density at radius 2 is 1.62 bits per heavy atom. The van der Waals surface area contributed by atoms with Crippen molar-refractivity contribution in [3.8, 4) is 28.6 Å². The molecule has 1 heterocycles. The highest BCUT2D eigenvalue weighted by atomic mass is 16.5. The second kappa shape index (κ2) is 7.04. The first kappa shape index (κ1) is 15.9. The largest absolute Gasteiger partial charge is 0.497 e. The van der Waals surface area contributed by atoms with Crippen molar-refractivity contribution in [3.05, 3.63) is 54.4 Å². The van der Waals surface area contributed by atoms with Gasteiger partial charge in [0.25, 0.3) is 5.89 Å². The molecule has 6 heteroatoms. The summed E-state index contributed by atoms with van der Waals surface area (Å²) in [7, 11) is 3.24. The summed E-state index contributed by atoms with van der Waals surface area (Å²) in [6, 6.07) is 14.8. The van der Waals surface area contributed by atoms with Gasteiger partial charge in [0.05, 0.1) is 14.2 Å². The Hall–Kier alpha value is -3.02. The lowest BCUT2D eigenvalue weighted by Gasteiger charge is -2.10. The van der Waals surface area contributed by atoms with Gasteiger partial charge in [0.15, 0.2) is 6.10 Å². The number of rotatable bonds is 6. The fourth-order valence-electron chi connectivity index (χ4n) is 2.19. The smallest absolute Gasteiger partial charge is 0.267 e. The molecule has 0 aliphatic heterocycles. The Morgan fingerprint density at radius 1 is 0.917 bits per heavy atom. The molecule has 0 spiro atoms. The fourth-order valence-corrected chi connectivity index (χ4v) is 2.19. The first-order valence-corrected chi connectivity index (χ1v) is 7.48. The minimum Gasteiger partial charge on any atom is -0.497 e. The molecule has 1 aromatic heterocycles. The van der Waals surface area contributed by atoms with E-state index in [2.05, 4.69) is 10.1 Å². The van der Waals surface area contributed by atoms with Gasteiger partial charge in [0.1, 0.15) is 17.2 Å². The van der Waals surface area contributed by atoms with Gasteiger partial charge in [-0.2, -0.15) is 4.98 Å². The van der Waals surface area contributed by atoms with E-state index >= 15 is 0 Å². The van der Waals surface area contributed by atoms with Crippen molar-refractivity contribution in [1.29, 1.82) is 0 Å². The summed E-state index contributed by atoms with van der Waals surface area (Å²) in [5.74, 6) is 3.11. The van der Waals surface area contributed by atoms with Crippen LogP contribution in [0.15, 0.2) is 53.1 Å². The predicted molar refractivity (Wildman–Crippen MR) is 88.3 cm³/mol. The van der Waals surface area contributed by atoms with E-state index in [1.54, 1.807) is 14.2 Å². The molecular formula is C18H18N2O4. The Kier molecular flexibility index (Phi) is 4.65. The number of hydrogen-bond acceptors (Lipinski definition) is 6. The van der Waals surface area contributed by atoms with Crippen molar-refractivity contribution in [3.63, 3.8) is 0 Å². The highest BCUT2D eigenvalue weighted by Crippen LogP contribution is 2.26. The van der Waals surface area contributed by atoms with Gasteiger partial charge in [-0.15, -0.1) is 0 Å². The molecule has 3 rings (SSSR count). The summed E-state index contributed by atoms with van der Waals surface area (Å²) in [5, 5.41) is 4.01. The van der Waals surface area contributed by atoms with Crippen molar-refractivity contribution in [2.45, 2.75) is 13.0 Å². The average Bonchev–Trinajstić information content (AvgIpc) is 3.13. The van der Waals surface area contributed by atoms with E-state index in [0.29, 0.717) is 17.5 Å². The number of ether oxygens (including phenoxy) is 3. The third-order valence-electron chi connectivity index (χ3n) is 3.49. The molecule has 0 amide bonds. The van der Waals surface area contributed by atoms with Crippen LogP contribution in [0.4, 0.5) is 0 Å². The van der Waals surface area contributed by atoms with Crippen LogP contribution in [0.2, 0.25) is 0 Å². The van der Waals surface area contributed by atoms with Gasteiger partial charge in [-0.25, -0.2) is 0 Å². The molecule has 0 saturated carbocycles. The van der Waals surface area contributed by atoms with E-state index in [0.717, 1.165) is 17.1 Å². The zero-order chi connectivity index (χ0) is 16.9. The molecule has 3 aromatic rings. The topological polar surface area (TPSA) is 66.6 Å². The highest BCUT2D eigenvalue weighted by Gasteiger charge is 2.17. The number of benzene rings is 2. The SMILES string of the molecule is COc1ccc(O[C@@H](C)c2nc(-c3cccc(OC)c3)no2)cc1. The summed E-state index contributed by atoms with van der Waals surface area (Å²) in [4.78, 5) is 4.40. The number of methoxy groups -OCH3 is 2. The molecule has 0 saturated heterocycles. The molecule has 0 fully saturated rings. The van der Waals surface area contributed by atoms with Crippen LogP contribution in [0.25, 0.3) is 11.4 Å². The Balaban J connectivity index is 1.73. The zero-order valence-corrected chi connectivity index (χ0v) is 13.7. The molecule has 2 aromatic carbocycles. The normalized spacial score (nSPS) is 11.8. The molecule has 0 bridgehead atoms. The molecule has 0 unspecified atom stereocenters. The average molecular weight is 326 g/mol. The highest BCUT2D eigenvalue weighted by molar-refractivity contribution is 5.56. The van der Waals surface area contributed by atoms with Crippen LogP contribution < -0.4 is 14.2 Å². The van der Waals surface area contributed by atoms with Crippen LogP contribution in [0.3, 0.4) is 0 Å². The molecule has 6 nitrogen and oxygen atoms in total. The third-order valence-corrected chi connectivity index (χ3v) is 3.49. The van der Waals surface area contributed by atoms with Crippen molar-refractivity contribution in [2.75, 3.05) is 14.2 Å². The van der Waals surface area contributed by atoms with E-state index < -0.39 is 0 Å². The van der Waals surface area contributed by atoms with Gasteiger partial charge in [-0.3, -0.25) is 0 Å². The standard InChI is InChI=1S/C18H18N2O4/c1-12(23-15-9-7-14(21-2)8-10-15)18-19-17(20-24-18)13-5-4-6-16(11-13)22-3/h4-12H,1-3H3/t12-/m0/s1. The van der Waals surface area contributed by atoms with E-state index in [-0.39, 0.29) is 6.10 Å². The van der Waals surface area contributed by atoms with Gasteiger partial charge < -0.3 is 18.7 Å². The van der Waals surface area contributed by atoms with Crippen LogP contribution in [0.5, 0.6) is 17.2 Å². The number of hydrogen-bond donors (Lipinski definition) is 0. The fraction of sp³-hybridized carbons (Fsp3) is 0.222. The lowest BCUT2D eigenvalue weighted by atomic mass is 10.2. The lowest BCUT2D eigenvalue weighted by molar-refractivity contribution is 0.175. The van der Waals surface area contributed by atoms with E-state index in [1.807, 2.05) is 55.5 Å². The summed E-state index contributed by atoms with van der Waals surface area (Å²) in [5.41, 5.74) is 0.820. The molecule has 0 radical (unpaired) electrons. The van der Waals surface area contributed by atoms with Crippen LogP contribution in [0, 0.1) is 0 Å². The summed E-state index contributed by atoms with van der Waals surface area (Å²) >= 11 is 0. The van der Waals surface area contributed by atoms with Gasteiger partial charge in [0, 0.05) is 5.56 Å². The van der Waals surface area contributed by atoms with Crippen LogP contribution in [0.1, 0.15) is 18.9 Å². The van der Waals surface area contributed by atoms with Gasteiger partial charge in [0.2, 0.25) is 5.82 Å². The Morgan fingerprint density at radius 3 is 2.33 bits per heavy atom. The first-order chi connectivity index (χ1) is 11.7. The number of nitrogens with zero attached hydrogens (tertiary/aromatic N) is 2. The predicted octanol–water partition coefficient (Wildman–Crippen LogP) is 3.89. The van der Waals surface area contributed by atoms with E-state index in [4.69, 9.17) is 18.7 Å². The third kappa shape index (κ3) is 3.48. The van der Waals surface area contributed by atoms with Crippen LogP contribution >= 0.6 is 0 Å². The quantitative estimate of drug-likeness (QED) is 0.684. The minimum atomic E-state index is -0.370. The molecular weight excluding hydrogens is 308 g/mol. The van der Waals surface area contributed by atoms with Crippen molar-refractivity contribution >= 4 is 0 Å². The number of aromatic nitrogens is 2. The molecule has 0 aliphatic rings. The maximum absolute atomic E-state index is 5.82. The second-order valence-corrected chi connectivity index (χ2v) is 5.12. The maximum atomic E-state index is 5.82. The second-order valence-electron chi connectivity index (χ2n) is 5.12. The molecule has 124 valence electrons. The minimum absolute atomic E-state index is 0.370. The summed E-state index contributed by atoms with van der Waals surface area (Å²) in [6.07, 6.45) is -0.370. The Bertz CT molecular complexity index is 799. The van der Waals surface area contributed by atoms with E-state index in [1.165, 1.54) is 0 Å².